The highest BCUT2D eigenvalue weighted by Crippen LogP contribution is 2.18. The molecule has 90 valence electrons. The van der Waals surface area contributed by atoms with Crippen LogP contribution in [0.4, 0.5) is 4.39 Å². The van der Waals surface area contributed by atoms with Crippen molar-refractivity contribution in [1.29, 1.82) is 0 Å². The summed E-state index contributed by atoms with van der Waals surface area (Å²) < 4.78 is 18.7. The molecular formula is C14H14BrFO. The van der Waals surface area contributed by atoms with E-state index in [9.17, 15) is 4.39 Å². The summed E-state index contributed by atoms with van der Waals surface area (Å²) in [5.74, 6) is 0.845. The molecule has 0 amide bonds. The first-order valence-corrected chi connectivity index (χ1v) is 6.57. The van der Waals surface area contributed by atoms with Crippen molar-refractivity contribution in [3.05, 3.63) is 59.8 Å². The van der Waals surface area contributed by atoms with Gasteiger partial charge in [-0.1, -0.05) is 34.1 Å². The lowest BCUT2D eigenvalue weighted by Gasteiger charge is -2.09. The molecule has 0 aliphatic heterocycles. The predicted molar refractivity (Wildman–Crippen MR) is 69.8 cm³/mol. The molecule has 1 aromatic heterocycles. The first kappa shape index (κ1) is 12.4. The van der Waals surface area contributed by atoms with E-state index < -0.39 is 0 Å². The molecule has 1 unspecified atom stereocenters. The molecule has 0 spiro atoms. The van der Waals surface area contributed by atoms with Crippen LogP contribution in [-0.2, 0) is 12.8 Å². The minimum absolute atomic E-state index is 0.130. The van der Waals surface area contributed by atoms with Crippen LogP contribution in [-0.4, -0.2) is 4.83 Å². The van der Waals surface area contributed by atoms with E-state index in [0.29, 0.717) is 6.42 Å². The van der Waals surface area contributed by atoms with Crippen LogP contribution in [0.3, 0.4) is 0 Å². The largest absolute Gasteiger partial charge is 0.469 e. The lowest BCUT2D eigenvalue weighted by atomic mass is 10.1. The quantitative estimate of drug-likeness (QED) is 0.747. The van der Waals surface area contributed by atoms with Gasteiger partial charge >= 0.3 is 0 Å². The Morgan fingerprint density at radius 3 is 2.71 bits per heavy atom. The summed E-state index contributed by atoms with van der Waals surface area (Å²) in [7, 11) is 0. The summed E-state index contributed by atoms with van der Waals surface area (Å²) in [6, 6.07) is 10.8. The molecule has 0 aliphatic rings. The van der Waals surface area contributed by atoms with Crippen LogP contribution in [0.1, 0.15) is 17.7 Å². The van der Waals surface area contributed by atoms with Crippen LogP contribution in [0, 0.1) is 5.82 Å². The average molecular weight is 297 g/mol. The normalized spacial score (nSPS) is 12.6. The second-order valence-electron chi connectivity index (χ2n) is 4.01. The number of halogens is 2. The Kier molecular flexibility index (Phi) is 4.37. The summed E-state index contributed by atoms with van der Waals surface area (Å²) in [5, 5.41) is 0. The molecule has 0 fully saturated rings. The fraction of sp³-hybridized carbons (Fsp3) is 0.286. The molecule has 3 heteroatoms. The fourth-order valence-corrected chi connectivity index (χ4v) is 2.34. The van der Waals surface area contributed by atoms with Gasteiger partial charge in [0.2, 0.25) is 0 Å². The first-order valence-electron chi connectivity index (χ1n) is 5.65. The Balaban J connectivity index is 1.85. The van der Waals surface area contributed by atoms with Gasteiger partial charge in [0.25, 0.3) is 0 Å². The van der Waals surface area contributed by atoms with Gasteiger partial charge in [-0.2, -0.15) is 0 Å². The third kappa shape index (κ3) is 3.70. The molecule has 0 radical (unpaired) electrons. The molecule has 2 aromatic rings. The summed E-state index contributed by atoms with van der Waals surface area (Å²) >= 11 is 3.59. The lowest BCUT2D eigenvalue weighted by molar-refractivity contribution is 0.499. The number of benzene rings is 1. The van der Waals surface area contributed by atoms with Crippen molar-refractivity contribution in [2.45, 2.75) is 24.1 Å². The maximum atomic E-state index is 13.4. The van der Waals surface area contributed by atoms with E-state index in [1.54, 1.807) is 12.3 Å². The number of aryl methyl sites for hydroxylation is 1. The highest BCUT2D eigenvalue weighted by Gasteiger charge is 2.09. The number of alkyl halides is 1. The molecule has 1 aromatic carbocycles. The van der Waals surface area contributed by atoms with Crippen LogP contribution in [0.25, 0.3) is 0 Å². The van der Waals surface area contributed by atoms with Gasteiger partial charge in [0.1, 0.15) is 11.6 Å². The second kappa shape index (κ2) is 6.01. The maximum Gasteiger partial charge on any atom is 0.126 e. The Labute approximate surface area is 109 Å². The number of furan rings is 1. The topological polar surface area (TPSA) is 13.1 Å². The second-order valence-corrected chi connectivity index (χ2v) is 5.31. The van der Waals surface area contributed by atoms with Crippen LogP contribution in [0.5, 0.6) is 0 Å². The van der Waals surface area contributed by atoms with Crippen molar-refractivity contribution in [3.8, 4) is 0 Å². The number of hydrogen-bond donors (Lipinski definition) is 0. The van der Waals surface area contributed by atoms with Crippen LogP contribution < -0.4 is 0 Å². The van der Waals surface area contributed by atoms with Crippen molar-refractivity contribution in [2.75, 3.05) is 0 Å². The summed E-state index contributed by atoms with van der Waals surface area (Å²) in [6.45, 7) is 0. The third-order valence-electron chi connectivity index (χ3n) is 2.68. The zero-order valence-corrected chi connectivity index (χ0v) is 11.0. The van der Waals surface area contributed by atoms with Crippen LogP contribution in [0.15, 0.2) is 47.1 Å². The van der Waals surface area contributed by atoms with Gasteiger partial charge in [0, 0.05) is 11.2 Å². The van der Waals surface area contributed by atoms with E-state index in [2.05, 4.69) is 15.9 Å². The van der Waals surface area contributed by atoms with Gasteiger partial charge < -0.3 is 4.42 Å². The highest BCUT2D eigenvalue weighted by atomic mass is 79.9. The van der Waals surface area contributed by atoms with E-state index in [1.807, 2.05) is 24.3 Å². The molecule has 17 heavy (non-hydrogen) atoms. The molecule has 0 bridgehead atoms. The fourth-order valence-electron chi connectivity index (χ4n) is 1.76. The maximum absolute atomic E-state index is 13.4. The Morgan fingerprint density at radius 1 is 1.18 bits per heavy atom. The van der Waals surface area contributed by atoms with E-state index in [1.165, 1.54) is 6.07 Å². The third-order valence-corrected chi connectivity index (χ3v) is 3.46. The molecule has 0 saturated heterocycles. The van der Waals surface area contributed by atoms with Gasteiger partial charge in [-0.05, 0) is 36.6 Å². The molecule has 0 aliphatic carbocycles. The van der Waals surface area contributed by atoms with Crippen LogP contribution >= 0.6 is 15.9 Å². The SMILES string of the molecule is Fc1ccccc1CC(Br)CCc1ccco1. The molecular weight excluding hydrogens is 283 g/mol. The minimum Gasteiger partial charge on any atom is -0.469 e. The zero-order valence-electron chi connectivity index (χ0n) is 9.40. The average Bonchev–Trinajstić information content (AvgIpc) is 2.82. The highest BCUT2D eigenvalue weighted by molar-refractivity contribution is 9.09. The van der Waals surface area contributed by atoms with Crippen molar-refractivity contribution in [1.82, 2.24) is 0 Å². The smallest absolute Gasteiger partial charge is 0.126 e. The predicted octanol–water partition coefficient (Wildman–Crippen LogP) is 4.36. The summed E-state index contributed by atoms with van der Waals surface area (Å²) in [5.41, 5.74) is 0.758. The number of rotatable bonds is 5. The van der Waals surface area contributed by atoms with Crippen molar-refractivity contribution in [2.24, 2.45) is 0 Å². The van der Waals surface area contributed by atoms with Gasteiger partial charge in [-0.25, -0.2) is 4.39 Å². The van der Waals surface area contributed by atoms with Gasteiger partial charge in [0.15, 0.2) is 0 Å². The monoisotopic (exact) mass is 296 g/mol. The molecule has 1 nitrogen and oxygen atoms in total. The standard InChI is InChI=1S/C14H14BrFO/c15-12(7-8-13-5-3-9-17-13)10-11-4-1-2-6-14(11)16/h1-6,9,12H,7-8,10H2. The van der Waals surface area contributed by atoms with Crippen molar-refractivity contribution < 1.29 is 8.81 Å². The van der Waals surface area contributed by atoms with E-state index in [4.69, 9.17) is 4.42 Å². The lowest BCUT2D eigenvalue weighted by Crippen LogP contribution is -2.05. The van der Waals surface area contributed by atoms with Gasteiger partial charge in [-0.15, -0.1) is 0 Å². The Morgan fingerprint density at radius 2 is 2.00 bits per heavy atom. The van der Waals surface area contributed by atoms with Crippen LogP contribution in [0.2, 0.25) is 0 Å². The van der Waals surface area contributed by atoms with E-state index in [-0.39, 0.29) is 10.6 Å². The molecule has 2 rings (SSSR count). The molecule has 1 heterocycles. The Bertz CT molecular complexity index is 453. The zero-order chi connectivity index (χ0) is 12.1. The van der Waals surface area contributed by atoms with Crippen molar-refractivity contribution in [3.63, 3.8) is 0 Å². The first-order chi connectivity index (χ1) is 8.25. The number of hydrogen-bond acceptors (Lipinski definition) is 1. The minimum atomic E-state index is -0.130. The van der Waals surface area contributed by atoms with E-state index >= 15 is 0 Å². The Hall–Kier alpha value is -1.09. The molecule has 0 N–H and O–H groups in total. The molecule has 0 saturated carbocycles. The summed E-state index contributed by atoms with van der Waals surface area (Å²) in [6.07, 6.45) is 4.18. The molecule has 1 atom stereocenters. The summed E-state index contributed by atoms with van der Waals surface area (Å²) in [4.78, 5) is 0.268. The van der Waals surface area contributed by atoms with Crippen molar-refractivity contribution >= 4 is 15.9 Å². The van der Waals surface area contributed by atoms with Gasteiger partial charge in [-0.3, -0.25) is 0 Å². The van der Waals surface area contributed by atoms with E-state index in [0.717, 1.165) is 24.2 Å². The van der Waals surface area contributed by atoms with Gasteiger partial charge in [0.05, 0.1) is 6.26 Å².